The summed E-state index contributed by atoms with van der Waals surface area (Å²) in [5.74, 6) is 0.746. The molecule has 1 atom stereocenters. The number of para-hydroxylation sites is 1. The van der Waals surface area contributed by atoms with Crippen LogP contribution < -0.4 is 10.6 Å². The van der Waals surface area contributed by atoms with Gasteiger partial charge in [0.1, 0.15) is 0 Å². The van der Waals surface area contributed by atoms with E-state index in [1.165, 1.54) is 5.56 Å². The molecule has 1 unspecified atom stereocenters. The monoisotopic (exact) mass is 385 g/mol. The highest BCUT2D eigenvalue weighted by atomic mass is 16.5. The van der Waals surface area contributed by atoms with Crippen molar-refractivity contribution < 1.29 is 9.84 Å². The second-order valence-electron chi connectivity index (χ2n) is 7.45. The van der Waals surface area contributed by atoms with Gasteiger partial charge in [0.15, 0.2) is 5.96 Å². The summed E-state index contributed by atoms with van der Waals surface area (Å²) in [4.78, 5) is 4.34. The van der Waals surface area contributed by atoms with Gasteiger partial charge in [0.25, 0.3) is 0 Å². The van der Waals surface area contributed by atoms with E-state index in [1.54, 1.807) is 7.05 Å². The van der Waals surface area contributed by atoms with Crippen molar-refractivity contribution in [1.29, 1.82) is 0 Å². The zero-order chi connectivity index (χ0) is 20.0. The number of aromatic nitrogens is 2. The Morgan fingerprint density at radius 3 is 2.71 bits per heavy atom. The molecule has 7 nitrogen and oxygen atoms in total. The van der Waals surface area contributed by atoms with Gasteiger partial charge in [-0.2, -0.15) is 5.10 Å². The van der Waals surface area contributed by atoms with Crippen molar-refractivity contribution in [2.24, 2.45) is 10.4 Å². The molecule has 0 spiro atoms. The number of ether oxygens (including phenoxy) is 1. The number of aliphatic hydroxyl groups excluding tert-OH is 1. The molecular formula is C21H31N5O2. The number of guanidine groups is 1. The van der Waals surface area contributed by atoms with Crippen LogP contribution in [0.15, 0.2) is 35.3 Å². The fraction of sp³-hybridized carbons (Fsp3) is 0.524. The molecule has 0 radical (unpaired) electrons. The minimum Gasteiger partial charge on any atom is -0.396 e. The highest BCUT2D eigenvalue weighted by Gasteiger charge is 2.34. The minimum absolute atomic E-state index is 0.0175. The van der Waals surface area contributed by atoms with Crippen LogP contribution in [0, 0.1) is 19.3 Å². The first-order valence-electron chi connectivity index (χ1n) is 9.82. The van der Waals surface area contributed by atoms with Gasteiger partial charge in [0.2, 0.25) is 0 Å². The summed E-state index contributed by atoms with van der Waals surface area (Å²) in [7, 11) is 1.77. The van der Waals surface area contributed by atoms with Gasteiger partial charge in [-0.15, -0.1) is 0 Å². The normalized spacial score (nSPS) is 19.8. The summed E-state index contributed by atoms with van der Waals surface area (Å²) in [6.07, 6.45) is 1.69. The van der Waals surface area contributed by atoms with Crippen LogP contribution in [0.4, 0.5) is 0 Å². The van der Waals surface area contributed by atoms with Crippen LogP contribution in [-0.2, 0) is 11.3 Å². The fourth-order valence-corrected chi connectivity index (χ4v) is 3.73. The number of benzene rings is 1. The maximum Gasteiger partial charge on any atom is 0.191 e. The Labute approximate surface area is 166 Å². The van der Waals surface area contributed by atoms with E-state index in [0.29, 0.717) is 13.2 Å². The third-order valence-corrected chi connectivity index (χ3v) is 5.56. The molecule has 1 saturated heterocycles. The van der Waals surface area contributed by atoms with E-state index in [4.69, 9.17) is 9.84 Å². The molecule has 1 fully saturated rings. The summed E-state index contributed by atoms with van der Waals surface area (Å²) in [6.45, 7) is 7.11. The molecule has 1 aromatic carbocycles. The summed E-state index contributed by atoms with van der Waals surface area (Å²) < 4.78 is 7.54. The molecule has 0 aliphatic carbocycles. The summed E-state index contributed by atoms with van der Waals surface area (Å²) >= 11 is 0. The number of rotatable bonds is 7. The Bertz CT molecular complexity index is 795. The lowest BCUT2D eigenvalue weighted by Crippen LogP contribution is -2.44. The Kier molecular flexibility index (Phi) is 6.70. The van der Waals surface area contributed by atoms with Crippen molar-refractivity contribution in [1.82, 2.24) is 20.4 Å². The van der Waals surface area contributed by atoms with Gasteiger partial charge in [-0.05, 0) is 38.8 Å². The van der Waals surface area contributed by atoms with Crippen molar-refractivity contribution in [2.75, 3.05) is 33.4 Å². The van der Waals surface area contributed by atoms with Crippen LogP contribution >= 0.6 is 0 Å². The molecule has 28 heavy (non-hydrogen) atoms. The fourth-order valence-electron chi connectivity index (χ4n) is 3.73. The number of aryl methyl sites for hydroxylation is 1. The van der Waals surface area contributed by atoms with Crippen molar-refractivity contribution in [3.8, 4) is 5.69 Å². The van der Waals surface area contributed by atoms with Gasteiger partial charge in [-0.1, -0.05) is 18.2 Å². The standard InChI is InChI=1S/C21H31N5O2/c1-16-19(17(2)26(25-16)18-7-5-4-6-8-18)13-23-20(22-3)24-14-21(9-11-27)10-12-28-15-21/h4-8,27H,9-15H2,1-3H3,(H2,22,23,24). The second kappa shape index (κ2) is 9.21. The quantitative estimate of drug-likeness (QED) is 0.501. The van der Waals surface area contributed by atoms with Gasteiger partial charge in [-0.3, -0.25) is 4.99 Å². The van der Waals surface area contributed by atoms with Crippen LogP contribution in [0.25, 0.3) is 5.69 Å². The molecule has 2 aromatic rings. The first-order chi connectivity index (χ1) is 13.6. The van der Waals surface area contributed by atoms with E-state index < -0.39 is 0 Å². The van der Waals surface area contributed by atoms with E-state index in [-0.39, 0.29) is 12.0 Å². The molecule has 152 valence electrons. The molecule has 3 N–H and O–H groups in total. The molecule has 3 rings (SSSR count). The number of nitrogens with zero attached hydrogens (tertiary/aromatic N) is 3. The van der Waals surface area contributed by atoms with Gasteiger partial charge >= 0.3 is 0 Å². The second-order valence-corrected chi connectivity index (χ2v) is 7.45. The average molecular weight is 386 g/mol. The van der Waals surface area contributed by atoms with Crippen LogP contribution in [0.3, 0.4) is 0 Å². The van der Waals surface area contributed by atoms with Gasteiger partial charge in [0.05, 0.1) is 18.0 Å². The minimum atomic E-state index is -0.0175. The molecular weight excluding hydrogens is 354 g/mol. The molecule has 1 aromatic heterocycles. The first kappa shape index (κ1) is 20.4. The van der Waals surface area contributed by atoms with Crippen molar-refractivity contribution >= 4 is 5.96 Å². The lowest BCUT2D eigenvalue weighted by atomic mass is 9.84. The topological polar surface area (TPSA) is 83.7 Å². The molecule has 0 amide bonds. The lowest BCUT2D eigenvalue weighted by molar-refractivity contribution is 0.127. The molecule has 7 heteroatoms. The Morgan fingerprint density at radius 1 is 1.29 bits per heavy atom. The van der Waals surface area contributed by atoms with E-state index >= 15 is 0 Å². The smallest absolute Gasteiger partial charge is 0.191 e. The number of hydrogen-bond donors (Lipinski definition) is 3. The van der Waals surface area contributed by atoms with Crippen LogP contribution in [0.5, 0.6) is 0 Å². The number of hydrogen-bond acceptors (Lipinski definition) is 4. The summed E-state index contributed by atoms with van der Waals surface area (Å²) in [6, 6.07) is 10.2. The number of aliphatic hydroxyl groups is 1. The lowest BCUT2D eigenvalue weighted by Gasteiger charge is -2.27. The first-order valence-corrected chi connectivity index (χ1v) is 9.82. The van der Waals surface area contributed by atoms with Crippen LogP contribution in [-0.4, -0.2) is 54.3 Å². The summed E-state index contributed by atoms with van der Waals surface area (Å²) in [5.41, 5.74) is 4.33. The zero-order valence-electron chi connectivity index (χ0n) is 17.0. The van der Waals surface area contributed by atoms with Gasteiger partial charge in [-0.25, -0.2) is 4.68 Å². The maximum absolute atomic E-state index is 9.39. The Morgan fingerprint density at radius 2 is 2.07 bits per heavy atom. The predicted octanol–water partition coefficient (Wildman–Crippen LogP) is 1.94. The Hall–Kier alpha value is -2.38. The average Bonchev–Trinajstić information content (AvgIpc) is 3.28. The number of aliphatic imine (C=N–C) groups is 1. The Balaban J connectivity index is 1.63. The number of nitrogens with one attached hydrogen (secondary N) is 2. The van der Waals surface area contributed by atoms with Crippen LogP contribution in [0.2, 0.25) is 0 Å². The van der Waals surface area contributed by atoms with Gasteiger partial charge < -0.3 is 20.5 Å². The van der Waals surface area contributed by atoms with Crippen molar-refractivity contribution in [3.05, 3.63) is 47.3 Å². The third-order valence-electron chi connectivity index (χ3n) is 5.56. The maximum atomic E-state index is 9.39. The molecule has 2 heterocycles. The summed E-state index contributed by atoms with van der Waals surface area (Å²) in [5, 5.41) is 20.9. The molecule has 1 aliphatic rings. The van der Waals surface area contributed by atoms with E-state index in [1.807, 2.05) is 29.8 Å². The highest BCUT2D eigenvalue weighted by Crippen LogP contribution is 2.31. The molecule has 1 aliphatic heterocycles. The predicted molar refractivity (Wildman–Crippen MR) is 111 cm³/mol. The molecule has 0 bridgehead atoms. The molecule has 0 saturated carbocycles. The van der Waals surface area contributed by atoms with Crippen molar-refractivity contribution in [3.63, 3.8) is 0 Å². The van der Waals surface area contributed by atoms with Crippen LogP contribution in [0.1, 0.15) is 29.8 Å². The van der Waals surface area contributed by atoms with E-state index in [2.05, 4.69) is 34.7 Å². The van der Waals surface area contributed by atoms with E-state index in [9.17, 15) is 5.11 Å². The third kappa shape index (κ3) is 4.54. The highest BCUT2D eigenvalue weighted by molar-refractivity contribution is 5.79. The van der Waals surface area contributed by atoms with E-state index in [0.717, 1.165) is 49.0 Å². The van der Waals surface area contributed by atoms with Gasteiger partial charge in [0, 0.05) is 50.0 Å². The largest absolute Gasteiger partial charge is 0.396 e. The van der Waals surface area contributed by atoms with Crippen molar-refractivity contribution in [2.45, 2.75) is 33.2 Å². The zero-order valence-corrected chi connectivity index (χ0v) is 17.0. The SMILES string of the molecule is CN=C(NCc1c(C)nn(-c2ccccc2)c1C)NCC1(CCO)CCOC1.